The molecule has 0 aliphatic heterocycles. The van der Waals surface area contributed by atoms with E-state index in [1.54, 1.807) is 19.1 Å². The molecule has 0 spiro atoms. The molecular formula is C24H16N2O8S. The average molecular weight is 492 g/mol. The van der Waals surface area contributed by atoms with Gasteiger partial charge in [-0.15, -0.1) is 0 Å². The van der Waals surface area contributed by atoms with E-state index in [9.17, 15) is 39.6 Å². The van der Waals surface area contributed by atoms with Gasteiger partial charge in [-0.3, -0.25) is 0 Å². The van der Waals surface area contributed by atoms with Crippen LogP contribution in [0.1, 0.15) is 52.6 Å². The average Bonchev–Trinajstić information content (AvgIpc) is 3.28. The van der Waals surface area contributed by atoms with Crippen LogP contribution in [-0.4, -0.2) is 53.1 Å². The number of nitrogens with zero attached hydrogens (tertiary/aromatic N) is 2. The summed E-state index contributed by atoms with van der Waals surface area (Å²) in [5.41, 5.74) is 2.20. The molecule has 0 saturated carbocycles. The van der Waals surface area contributed by atoms with Crippen molar-refractivity contribution in [1.82, 2.24) is 8.75 Å². The van der Waals surface area contributed by atoms with E-state index in [1.165, 1.54) is 31.2 Å². The highest BCUT2D eigenvalue weighted by Crippen LogP contribution is 2.39. The van der Waals surface area contributed by atoms with Crippen molar-refractivity contribution in [2.45, 2.75) is 13.8 Å². The van der Waals surface area contributed by atoms with Crippen LogP contribution in [0.2, 0.25) is 0 Å². The predicted molar refractivity (Wildman–Crippen MR) is 126 cm³/mol. The lowest BCUT2D eigenvalue weighted by atomic mass is 9.87. The molecule has 0 saturated heterocycles. The van der Waals surface area contributed by atoms with Gasteiger partial charge in [0.1, 0.15) is 11.0 Å². The SMILES string of the molecule is Cc1cc(C(=O)O)c(C(=O)O)c(C)c1-c1ccc(-c2ccc(C(=O)O)c(C(=O)O)c2)c2nsnc12. The molecule has 4 aromatic rings. The van der Waals surface area contributed by atoms with Gasteiger partial charge >= 0.3 is 23.9 Å². The molecule has 3 aromatic carbocycles. The first kappa shape index (κ1) is 23.5. The Morgan fingerprint density at radius 3 is 1.83 bits per heavy atom. The Bertz CT molecular complexity index is 1590. The fraction of sp³-hybridized carbons (Fsp3) is 0.0833. The third-order valence-electron chi connectivity index (χ3n) is 5.69. The number of aromatic carboxylic acids is 4. The summed E-state index contributed by atoms with van der Waals surface area (Å²) in [4.78, 5) is 46.5. The molecular weight excluding hydrogens is 476 g/mol. The van der Waals surface area contributed by atoms with Gasteiger partial charge < -0.3 is 20.4 Å². The first-order valence-electron chi connectivity index (χ1n) is 10.00. The highest BCUT2D eigenvalue weighted by Gasteiger charge is 2.25. The van der Waals surface area contributed by atoms with E-state index in [0.29, 0.717) is 38.9 Å². The van der Waals surface area contributed by atoms with Crippen LogP contribution >= 0.6 is 11.7 Å². The van der Waals surface area contributed by atoms with Gasteiger partial charge in [-0.2, -0.15) is 8.75 Å². The fourth-order valence-corrected chi connectivity index (χ4v) is 4.79. The van der Waals surface area contributed by atoms with Gasteiger partial charge in [0, 0.05) is 11.1 Å². The van der Waals surface area contributed by atoms with Crippen LogP contribution < -0.4 is 0 Å². The quantitative estimate of drug-likeness (QED) is 0.301. The number of benzene rings is 3. The predicted octanol–water partition coefficient (Wildman–Crippen LogP) is 4.43. The molecule has 0 unspecified atom stereocenters. The molecule has 10 nitrogen and oxygen atoms in total. The molecule has 11 heteroatoms. The normalized spacial score (nSPS) is 10.9. The van der Waals surface area contributed by atoms with Crippen molar-refractivity contribution < 1.29 is 39.6 Å². The number of aryl methyl sites for hydroxylation is 1. The molecule has 35 heavy (non-hydrogen) atoms. The minimum absolute atomic E-state index is 0.260. The van der Waals surface area contributed by atoms with E-state index >= 15 is 0 Å². The zero-order chi connectivity index (χ0) is 25.6. The van der Waals surface area contributed by atoms with Crippen molar-refractivity contribution in [2.24, 2.45) is 0 Å². The van der Waals surface area contributed by atoms with Crippen LogP contribution in [0.25, 0.3) is 33.3 Å². The maximum absolute atomic E-state index is 11.9. The molecule has 0 radical (unpaired) electrons. The maximum Gasteiger partial charge on any atom is 0.336 e. The van der Waals surface area contributed by atoms with E-state index in [-0.39, 0.29) is 27.8 Å². The third-order valence-corrected chi connectivity index (χ3v) is 6.22. The number of hydrogen-bond acceptors (Lipinski definition) is 7. The minimum atomic E-state index is -1.39. The summed E-state index contributed by atoms with van der Waals surface area (Å²) in [5, 5.41) is 37.9. The number of fused-ring (bicyclic) bond motifs is 1. The summed E-state index contributed by atoms with van der Waals surface area (Å²) in [6.45, 7) is 3.20. The minimum Gasteiger partial charge on any atom is -0.478 e. The van der Waals surface area contributed by atoms with Crippen molar-refractivity contribution in [1.29, 1.82) is 0 Å². The van der Waals surface area contributed by atoms with E-state index < -0.39 is 23.9 Å². The zero-order valence-electron chi connectivity index (χ0n) is 18.2. The van der Waals surface area contributed by atoms with Crippen LogP contribution in [-0.2, 0) is 0 Å². The molecule has 176 valence electrons. The maximum atomic E-state index is 11.9. The van der Waals surface area contributed by atoms with Gasteiger partial charge in [-0.25, -0.2) is 19.2 Å². The highest BCUT2D eigenvalue weighted by atomic mass is 32.1. The number of aromatic nitrogens is 2. The van der Waals surface area contributed by atoms with Gasteiger partial charge in [-0.1, -0.05) is 18.2 Å². The smallest absolute Gasteiger partial charge is 0.336 e. The highest BCUT2D eigenvalue weighted by molar-refractivity contribution is 7.00. The number of carbonyl (C=O) groups is 4. The number of carboxylic acids is 4. The lowest BCUT2D eigenvalue weighted by molar-refractivity contribution is 0.0651. The summed E-state index contributed by atoms with van der Waals surface area (Å²) < 4.78 is 8.69. The molecule has 0 amide bonds. The molecule has 0 aliphatic carbocycles. The molecule has 4 N–H and O–H groups in total. The summed E-state index contributed by atoms with van der Waals surface area (Å²) in [6.07, 6.45) is 0. The van der Waals surface area contributed by atoms with Crippen LogP contribution in [0.4, 0.5) is 0 Å². The number of rotatable bonds is 6. The summed E-state index contributed by atoms with van der Waals surface area (Å²) >= 11 is 0.898. The summed E-state index contributed by atoms with van der Waals surface area (Å²) in [5.74, 6) is -5.48. The van der Waals surface area contributed by atoms with Gasteiger partial charge in [0.05, 0.1) is 34.0 Å². The van der Waals surface area contributed by atoms with Crippen molar-refractivity contribution in [2.75, 3.05) is 0 Å². The molecule has 0 fully saturated rings. The van der Waals surface area contributed by atoms with Crippen LogP contribution in [0.5, 0.6) is 0 Å². The van der Waals surface area contributed by atoms with Crippen LogP contribution in [0, 0.1) is 13.8 Å². The molecule has 0 atom stereocenters. The number of hydrogen-bond donors (Lipinski definition) is 4. The van der Waals surface area contributed by atoms with Gasteiger partial charge in [-0.05, 0) is 54.3 Å². The zero-order valence-corrected chi connectivity index (χ0v) is 19.0. The van der Waals surface area contributed by atoms with E-state index in [4.69, 9.17) is 0 Å². The number of carboxylic acid groups (broad SMARTS) is 4. The lowest BCUT2D eigenvalue weighted by Gasteiger charge is -2.16. The Kier molecular flexibility index (Phi) is 5.79. The summed E-state index contributed by atoms with van der Waals surface area (Å²) in [7, 11) is 0. The standard InChI is InChI=1S/C24H16N2O8S/c1-9-7-16(23(31)32)18(24(33)34)10(2)17(9)14-6-5-12(19-20(14)26-35-25-19)11-3-4-13(21(27)28)15(8-11)22(29)30/h3-8H,1-2H3,(H,27,28)(H,29,30)(H,31,32)(H,33,34). The Morgan fingerprint density at radius 2 is 1.26 bits per heavy atom. The molecule has 1 heterocycles. The topological polar surface area (TPSA) is 175 Å². The van der Waals surface area contributed by atoms with Crippen molar-refractivity contribution in [3.8, 4) is 22.3 Å². The molecule has 1 aromatic heterocycles. The van der Waals surface area contributed by atoms with Crippen molar-refractivity contribution in [3.05, 3.63) is 69.8 Å². The second-order valence-electron chi connectivity index (χ2n) is 7.72. The molecule has 0 aliphatic rings. The Labute approximate surface area is 201 Å². The lowest BCUT2D eigenvalue weighted by Crippen LogP contribution is -2.12. The summed E-state index contributed by atoms with van der Waals surface area (Å²) in [6, 6.07) is 8.57. The first-order chi connectivity index (χ1) is 16.5. The van der Waals surface area contributed by atoms with Crippen LogP contribution in [0.15, 0.2) is 36.4 Å². The van der Waals surface area contributed by atoms with E-state index in [2.05, 4.69) is 8.75 Å². The Morgan fingerprint density at radius 1 is 0.686 bits per heavy atom. The second kappa shape index (κ2) is 8.61. The largest absolute Gasteiger partial charge is 0.478 e. The third kappa shape index (κ3) is 3.87. The van der Waals surface area contributed by atoms with E-state index in [0.717, 1.165) is 11.7 Å². The van der Waals surface area contributed by atoms with Gasteiger partial charge in [0.25, 0.3) is 0 Å². The van der Waals surface area contributed by atoms with Gasteiger partial charge in [0.15, 0.2) is 0 Å². The van der Waals surface area contributed by atoms with E-state index in [1.807, 2.05) is 0 Å². The van der Waals surface area contributed by atoms with Gasteiger partial charge in [0.2, 0.25) is 0 Å². The molecule has 0 bridgehead atoms. The Balaban J connectivity index is 1.98. The van der Waals surface area contributed by atoms with Crippen LogP contribution in [0.3, 0.4) is 0 Å². The van der Waals surface area contributed by atoms with Crippen molar-refractivity contribution >= 4 is 46.6 Å². The van der Waals surface area contributed by atoms with Crippen molar-refractivity contribution in [3.63, 3.8) is 0 Å². The second-order valence-corrected chi connectivity index (χ2v) is 8.25. The monoisotopic (exact) mass is 492 g/mol. The Hall–Kier alpha value is -4.64. The first-order valence-corrected chi connectivity index (χ1v) is 10.7. The molecule has 4 rings (SSSR count). The fourth-order valence-electron chi connectivity index (χ4n) is 4.22.